The maximum Gasteiger partial charge on any atom is 0.330 e. The third kappa shape index (κ3) is 4.17. The Hall–Kier alpha value is -1.79. The molecule has 1 aliphatic heterocycles. The van der Waals surface area contributed by atoms with E-state index in [1.807, 2.05) is 6.07 Å². The number of benzene rings is 2. The van der Waals surface area contributed by atoms with Crippen LogP contribution in [0.4, 0.5) is 0 Å². The summed E-state index contributed by atoms with van der Waals surface area (Å²) in [7, 11) is 0. The van der Waals surface area contributed by atoms with E-state index in [1.54, 1.807) is 45.0 Å². The summed E-state index contributed by atoms with van der Waals surface area (Å²) in [5, 5.41) is -0.655. The van der Waals surface area contributed by atoms with E-state index in [4.69, 9.17) is 51.1 Å². The highest BCUT2D eigenvalue weighted by atomic mass is 35.5. The van der Waals surface area contributed by atoms with Crippen molar-refractivity contribution >= 4 is 64.2 Å². The van der Waals surface area contributed by atoms with Crippen molar-refractivity contribution in [3.63, 3.8) is 0 Å². The summed E-state index contributed by atoms with van der Waals surface area (Å²) in [6, 6.07) is 7.72. The molecule has 0 unspecified atom stereocenters. The van der Waals surface area contributed by atoms with Crippen LogP contribution < -0.4 is 0 Å². The Kier molecular flexibility index (Phi) is 6.40. The molecule has 0 spiro atoms. The van der Waals surface area contributed by atoms with E-state index in [2.05, 4.69) is 0 Å². The van der Waals surface area contributed by atoms with E-state index < -0.39 is 29.4 Å². The van der Waals surface area contributed by atoms with E-state index in [1.165, 1.54) is 0 Å². The Morgan fingerprint density at radius 3 is 1.80 bits per heavy atom. The van der Waals surface area contributed by atoms with E-state index >= 15 is 0 Å². The van der Waals surface area contributed by atoms with Crippen molar-refractivity contribution in [3.8, 4) is 0 Å². The summed E-state index contributed by atoms with van der Waals surface area (Å²) in [5.41, 5.74) is -0.449. The number of hydrogen-bond donors (Lipinski definition) is 0. The topological polar surface area (TPSA) is 63.7 Å². The maximum atomic E-state index is 13.2. The minimum atomic E-state index is -1.23. The highest BCUT2D eigenvalue weighted by molar-refractivity contribution is 6.55. The van der Waals surface area contributed by atoms with Crippen molar-refractivity contribution in [1.82, 2.24) is 4.90 Å². The lowest BCUT2D eigenvalue weighted by Crippen LogP contribution is -2.48. The summed E-state index contributed by atoms with van der Waals surface area (Å²) in [6.07, 6.45) is 0.0535. The number of imide groups is 1. The first-order valence-electron chi connectivity index (χ1n) is 8.94. The lowest BCUT2D eigenvalue weighted by Gasteiger charge is -2.28. The quantitative estimate of drug-likeness (QED) is 0.234. The van der Waals surface area contributed by atoms with Gasteiger partial charge in [0.05, 0.1) is 31.2 Å². The van der Waals surface area contributed by atoms with Crippen LogP contribution in [-0.2, 0) is 16.0 Å². The monoisotopic (exact) mass is 487 g/mol. The SMILES string of the molecule is CC(C)(C)OC(=O)[C@H](Cc1ccccc1)N1C(=O)c2c(Cl)c(Cl)c(Cl)c(Cl)c2C1=O. The standard InChI is InChI=1S/C21H17Cl4NO4/c1-21(2,3)30-20(29)11(9-10-7-5-4-6-8-10)26-18(27)12-13(19(26)28)15(23)17(25)16(24)14(12)22/h4-8,11H,9H2,1-3H3/t11-/m0/s1. The van der Waals surface area contributed by atoms with Crippen molar-refractivity contribution in [3.05, 3.63) is 67.1 Å². The molecule has 1 atom stereocenters. The summed E-state index contributed by atoms with van der Waals surface area (Å²) in [5.74, 6) is -2.30. The molecule has 3 rings (SSSR count). The molecule has 0 fully saturated rings. The van der Waals surface area contributed by atoms with Crippen LogP contribution in [0.5, 0.6) is 0 Å². The van der Waals surface area contributed by atoms with Gasteiger partial charge in [0.15, 0.2) is 0 Å². The van der Waals surface area contributed by atoms with Crippen molar-refractivity contribution < 1.29 is 19.1 Å². The van der Waals surface area contributed by atoms with Crippen molar-refractivity contribution in [2.75, 3.05) is 0 Å². The molecule has 1 aliphatic rings. The number of halogens is 4. The van der Waals surface area contributed by atoms with Gasteiger partial charge < -0.3 is 4.74 Å². The second kappa shape index (κ2) is 8.39. The van der Waals surface area contributed by atoms with Gasteiger partial charge in [0.25, 0.3) is 11.8 Å². The van der Waals surface area contributed by atoms with Crippen LogP contribution in [0.1, 0.15) is 47.1 Å². The molecule has 0 radical (unpaired) electrons. The molecule has 158 valence electrons. The number of esters is 1. The molecular formula is C21H17Cl4NO4. The Morgan fingerprint density at radius 2 is 1.37 bits per heavy atom. The van der Waals surface area contributed by atoms with Crippen LogP contribution in [0.25, 0.3) is 0 Å². The molecule has 30 heavy (non-hydrogen) atoms. The smallest absolute Gasteiger partial charge is 0.330 e. The first-order valence-corrected chi connectivity index (χ1v) is 10.5. The number of ether oxygens (including phenoxy) is 1. The van der Waals surface area contributed by atoms with E-state index in [9.17, 15) is 14.4 Å². The first-order chi connectivity index (χ1) is 13.9. The van der Waals surface area contributed by atoms with Crippen molar-refractivity contribution in [1.29, 1.82) is 0 Å². The Balaban J connectivity index is 2.10. The zero-order valence-corrected chi connectivity index (χ0v) is 19.3. The third-order valence-electron chi connectivity index (χ3n) is 4.39. The molecule has 5 nitrogen and oxygen atoms in total. The number of fused-ring (bicyclic) bond motifs is 1. The van der Waals surface area contributed by atoms with Crippen molar-refractivity contribution in [2.45, 2.75) is 38.8 Å². The zero-order valence-electron chi connectivity index (χ0n) is 16.3. The molecule has 0 saturated heterocycles. The molecule has 1 heterocycles. The van der Waals surface area contributed by atoms with Gasteiger partial charge in [-0.15, -0.1) is 0 Å². The van der Waals surface area contributed by atoms with Gasteiger partial charge in [-0.1, -0.05) is 76.7 Å². The van der Waals surface area contributed by atoms with Crippen LogP contribution >= 0.6 is 46.4 Å². The van der Waals surface area contributed by atoms with E-state index in [-0.39, 0.29) is 37.6 Å². The molecule has 9 heteroatoms. The first kappa shape index (κ1) is 22.9. The van der Waals surface area contributed by atoms with Crippen LogP contribution in [0.2, 0.25) is 20.1 Å². The maximum absolute atomic E-state index is 13.2. The summed E-state index contributed by atoms with van der Waals surface area (Å²) in [6.45, 7) is 5.08. The fourth-order valence-electron chi connectivity index (χ4n) is 3.14. The van der Waals surface area contributed by atoms with E-state index in [0.717, 1.165) is 10.5 Å². The average Bonchev–Trinajstić information content (AvgIpc) is 2.92. The molecule has 0 N–H and O–H groups in total. The number of hydrogen-bond acceptors (Lipinski definition) is 4. The molecule has 2 aromatic carbocycles. The van der Waals surface area contributed by atoms with Crippen molar-refractivity contribution in [2.24, 2.45) is 0 Å². The number of carbonyl (C=O) groups is 3. The number of rotatable bonds is 4. The predicted octanol–water partition coefficient (Wildman–Crippen LogP) is 5.85. The van der Waals surface area contributed by atoms with Crippen LogP contribution in [-0.4, -0.2) is 34.3 Å². The van der Waals surface area contributed by atoms with E-state index in [0.29, 0.717) is 0 Å². The van der Waals surface area contributed by atoms with Gasteiger partial charge in [0, 0.05) is 6.42 Å². The van der Waals surface area contributed by atoms with Gasteiger partial charge in [0.1, 0.15) is 11.6 Å². The zero-order chi connectivity index (χ0) is 22.4. The predicted molar refractivity (Wildman–Crippen MR) is 117 cm³/mol. The normalized spacial score (nSPS) is 14.7. The van der Waals surface area contributed by atoms with Gasteiger partial charge >= 0.3 is 5.97 Å². The molecule has 0 saturated carbocycles. The summed E-state index contributed by atoms with van der Waals surface area (Å²) in [4.78, 5) is 40.2. The van der Waals surface area contributed by atoms with Gasteiger partial charge in [-0.25, -0.2) is 4.79 Å². The lowest BCUT2D eigenvalue weighted by molar-refractivity contribution is -0.159. The third-order valence-corrected chi connectivity index (χ3v) is 6.20. The van der Waals surface area contributed by atoms with Gasteiger partial charge in [-0.05, 0) is 26.3 Å². The Labute approximate surface area is 193 Å². The number of nitrogens with zero attached hydrogens (tertiary/aromatic N) is 1. The Morgan fingerprint density at radius 1 is 0.900 bits per heavy atom. The second-order valence-corrected chi connectivity index (χ2v) is 9.24. The largest absolute Gasteiger partial charge is 0.458 e. The summed E-state index contributed by atoms with van der Waals surface area (Å²) >= 11 is 24.5. The number of amides is 2. The fourth-order valence-corrected chi connectivity index (χ4v) is 4.15. The highest BCUT2D eigenvalue weighted by Crippen LogP contribution is 2.45. The molecular weight excluding hydrogens is 472 g/mol. The van der Waals surface area contributed by atoms with Crippen LogP contribution in [0, 0.1) is 0 Å². The minimum absolute atomic E-state index is 0.0535. The van der Waals surface area contributed by atoms with Gasteiger partial charge in [0.2, 0.25) is 0 Å². The average molecular weight is 489 g/mol. The fraction of sp³-hybridized carbons (Fsp3) is 0.286. The van der Waals surface area contributed by atoms with Crippen LogP contribution in [0.15, 0.2) is 30.3 Å². The highest BCUT2D eigenvalue weighted by Gasteiger charge is 2.47. The van der Waals surface area contributed by atoms with Gasteiger partial charge in [-0.3, -0.25) is 14.5 Å². The summed E-state index contributed by atoms with van der Waals surface area (Å²) < 4.78 is 5.48. The molecule has 0 aromatic heterocycles. The van der Waals surface area contributed by atoms with Crippen LogP contribution in [0.3, 0.4) is 0 Å². The second-order valence-electron chi connectivity index (χ2n) is 7.73. The number of carbonyl (C=O) groups excluding carboxylic acids is 3. The van der Waals surface area contributed by atoms with Gasteiger partial charge in [-0.2, -0.15) is 0 Å². The Bertz CT molecular complexity index is 1000. The molecule has 0 aliphatic carbocycles. The molecule has 2 amide bonds. The minimum Gasteiger partial charge on any atom is -0.458 e. The molecule has 2 aromatic rings. The molecule has 0 bridgehead atoms. The lowest BCUT2D eigenvalue weighted by atomic mass is 10.0.